The number of azide groups is 1. The second-order valence-electron chi connectivity index (χ2n) is 2.72. The molecule has 0 aromatic carbocycles. The van der Waals surface area contributed by atoms with Gasteiger partial charge in [0.25, 0.3) is 0 Å². The normalized spacial score (nSPS) is 16.8. The van der Waals surface area contributed by atoms with Crippen LogP contribution in [0.1, 0.15) is 0 Å². The van der Waals surface area contributed by atoms with Crippen LogP contribution >= 0.6 is 0 Å². The molecule has 0 amide bonds. The lowest BCUT2D eigenvalue weighted by Crippen LogP contribution is -2.49. The topological polar surface area (TPSA) is 65.1 Å². The number of furan rings is 1. The largest absolute Gasteiger partial charge is 0.449 e. The molecule has 0 radical (unpaired) electrons. The van der Waals surface area contributed by atoms with Crippen LogP contribution in [0.3, 0.4) is 0 Å². The predicted molar refractivity (Wildman–Crippen MR) is 43.9 cm³/mol. The molecule has 5 nitrogen and oxygen atoms in total. The molecule has 1 aliphatic heterocycles. The number of nitrogens with zero attached hydrogens (tertiary/aromatic N) is 4. The Hall–Kier alpha value is -1.61. The minimum absolute atomic E-state index is 0.111. The number of hydrogen-bond acceptors (Lipinski definition) is 3. The van der Waals surface area contributed by atoms with Gasteiger partial charge in [-0.15, -0.1) is 0 Å². The van der Waals surface area contributed by atoms with Crippen LogP contribution < -0.4 is 4.90 Å². The molecule has 1 saturated heterocycles. The van der Waals surface area contributed by atoms with Gasteiger partial charge in [-0.05, 0) is 11.6 Å². The third kappa shape index (κ3) is 1.10. The van der Waals surface area contributed by atoms with Crippen LogP contribution in [0.2, 0.25) is 0 Å². The van der Waals surface area contributed by atoms with Crippen molar-refractivity contribution >= 4 is 5.88 Å². The molecule has 0 N–H and O–H groups in total. The molecule has 62 valence electrons. The summed E-state index contributed by atoms with van der Waals surface area (Å²) in [6.07, 6.45) is 1.64. The number of anilines is 1. The van der Waals surface area contributed by atoms with Gasteiger partial charge < -0.3 is 9.32 Å². The SMILES string of the molecule is [N-]=[N+]=NC1CN(c2ccco2)C1. The Kier molecular flexibility index (Phi) is 1.64. The molecule has 0 bridgehead atoms. The maximum absolute atomic E-state index is 8.13. The predicted octanol–water partition coefficient (Wildman–Crippen LogP) is 1.78. The van der Waals surface area contributed by atoms with Crippen LogP contribution in [0.25, 0.3) is 10.4 Å². The van der Waals surface area contributed by atoms with Crippen LogP contribution in [-0.4, -0.2) is 19.1 Å². The highest BCUT2D eigenvalue weighted by atomic mass is 16.3. The number of hydrogen-bond donors (Lipinski definition) is 0. The molecule has 0 saturated carbocycles. The van der Waals surface area contributed by atoms with E-state index in [-0.39, 0.29) is 6.04 Å². The first-order chi connectivity index (χ1) is 5.90. The van der Waals surface area contributed by atoms with E-state index >= 15 is 0 Å². The Balaban J connectivity index is 1.94. The average Bonchev–Trinajstić information content (AvgIpc) is 2.47. The molecular weight excluding hydrogens is 156 g/mol. The van der Waals surface area contributed by atoms with E-state index in [1.807, 2.05) is 17.0 Å². The zero-order valence-corrected chi connectivity index (χ0v) is 6.42. The third-order valence-corrected chi connectivity index (χ3v) is 1.90. The maximum Gasteiger partial charge on any atom is 0.195 e. The van der Waals surface area contributed by atoms with E-state index in [4.69, 9.17) is 9.95 Å². The van der Waals surface area contributed by atoms with Crippen molar-refractivity contribution in [2.75, 3.05) is 18.0 Å². The Morgan fingerprint density at radius 3 is 3.08 bits per heavy atom. The fourth-order valence-corrected chi connectivity index (χ4v) is 1.23. The summed E-state index contributed by atoms with van der Waals surface area (Å²) in [6.45, 7) is 1.52. The molecule has 12 heavy (non-hydrogen) atoms. The minimum atomic E-state index is 0.111. The van der Waals surface area contributed by atoms with Crippen molar-refractivity contribution < 1.29 is 4.42 Å². The first-order valence-corrected chi connectivity index (χ1v) is 3.73. The van der Waals surface area contributed by atoms with Crippen LogP contribution in [0.4, 0.5) is 5.88 Å². The van der Waals surface area contributed by atoms with Crippen molar-refractivity contribution in [3.05, 3.63) is 28.8 Å². The fourth-order valence-electron chi connectivity index (χ4n) is 1.23. The Bertz CT molecular complexity index is 295. The van der Waals surface area contributed by atoms with Gasteiger partial charge >= 0.3 is 0 Å². The average molecular weight is 164 g/mol. The summed E-state index contributed by atoms with van der Waals surface area (Å²) in [7, 11) is 0. The summed E-state index contributed by atoms with van der Waals surface area (Å²) in [5.41, 5.74) is 8.13. The quantitative estimate of drug-likeness (QED) is 0.380. The highest BCUT2D eigenvalue weighted by Crippen LogP contribution is 2.22. The van der Waals surface area contributed by atoms with E-state index in [0.29, 0.717) is 0 Å². The van der Waals surface area contributed by atoms with Gasteiger partial charge in [0.1, 0.15) is 0 Å². The van der Waals surface area contributed by atoms with Crippen LogP contribution in [0, 0.1) is 0 Å². The summed E-state index contributed by atoms with van der Waals surface area (Å²) in [4.78, 5) is 4.77. The van der Waals surface area contributed by atoms with Crippen molar-refractivity contribution in [2.45, 2.75) is 6.04 Å². The zero-order valence-electron chi connectivity index (χ0n) is 6.42. The minimum Gasteiger partial charge on any atom is -0.449 e. The first-order valence-electron chi connectivity index (χ1n) is 3.73. The van der Waals surface area contributed by atoms with Gasteiger partial charge in [0, 0.05) is 24.1 Å². The number of rotatable bonds is 2. The first kappa shape index (κ1) is 7.06. The highest BCUT2D eigenvalue weighted by molar-refractivity contribution is 5.39. The summed E-state index contributed by atoms with van der Waals surface area (Å²) < 4.78 is 5.16. The second kappa shape index (κ2) is 2.79. The van der Waals surface area contributed by atoms with Crippen LogP contribution in [0.15, 0.2) is 27.9 Å². The lowest BCUT2D eigenvalue weighted by molar-refractivity contribution is 0.456. The monoisotopic (exact) mass is 164 g/mol. The molecular formula is C7H8N4O. The van der Waals surface area contributed by atoms with E-state index in [0.717, 1.165) is 19.0 Å². The van der Waals surface area contributed by atoms with Crippen molar-refractivity contribution in [2.24, 2.45) is 5.11 Å². The van der Waals surface area contributed by atoms with Crippen molar-refractivity contribution in [1.29, 1.82) is 0 Å². The molecule has 0 unspecified atom stereocenters. The molecule has 5 heteroatoms. The molecule has 1 aliphatic rings. The van der Waals surface area contributed by atoms with Crippen LogP contribution in [0.5, 0.6) is 0 Å². The molecule has 1 aromatic rings. The molecule has 1 fully saturated rings. The Morgan fingerprint density at radius 2 is 2.50 bits per heavy atom. The lowest BCUT2D eigenvalue weighted by Gasteiger charge is -2.36. The standard InChI is InChI=1S/C7H8N4O/c8-10-9-6-4-11(5-6)7-2-1-3-12-7/h1-3,6H,4-5H2. The fraction of sp³-hybridized carbons (Fsp3) is 0.429. The van der Waals surface area contributed by atoms with Gasteiger partial charge in [-0.2, -0.15) is 0 Å². The summed E-state index contributed by atoms with van der Waals surface area (Å²) in [6, 6.07) is 3.85. The van der Waals surface area contributed by atoms with Gasteiger partial charge in [0.2, 0.25) is 0 Å². The smallest absolute Gasteiger partial charge is 0.195 e. The molecule has 0 atom stereocenters. The van der Waals surface area contributed by atoms with Crippen molar-refractivity contribution in [3.8, 4) is 0 Å². The van der Waals surface area contributed by atoms with Crippen molar-refractivity contribution in [3.63, 3.8) is 0 Å². The second-order valence-corrected chi connectivity index (χ2v) is 2.72. The van der Waals surface area contributed by atoms with E-state index in [1.165, 1.54) is 0 Å². The van der Waals surface area contributed by atoms with E-state index in [2.05, 4.69) is 10.0 Å². The van der Waals surface area contributed by atoms with Gasteiger partial charge in [-0.3, -0.25) is 0 Å². The molecule has 2 rings (SSSR count). The maximum atomic E-state index is 8.13. The van der Waals surface area contributed by atoms with E-state index < -0.39 is 0 Å². The molecule has 1 aromatic heterocycles. The van der Waals surface area contributed by atoms with Gasteiger partial charge in [-0.25, -0.2) is 0 Å². The van der Waals surface area contributed by atoms with E-state index in [9.17, 15) is 0 Å². The molecule has 0 aliphatic carbocycles. The lowest BCUT2D eigenvalue weighted by atomic mass is 10.1. The van der Waals surface area contributed by atoms with E-state index in [1.54, 1.807) is 6.26 Å². The van der Waals surface area contributed by atoms with Gasteiger partial charge in [-0.1, -0.05) is 5.11 Å². The Labute approximate surface area is 69.2 Å². The zero-order chi connectivity index (χ0) is 8.39. The summed E-state index contributed by atoms with van der Waals surface area (Å²) in [5.74, 6) is 0.847. The molecule has 0 spiro atoms. The van der Waals surface area contributed by atoms with Crippen LogP contribution in [-0.2, 0) is 0 Å². The summed E-state index contributed by atoms with van der Waals surface area (Å²) in [5, 5.41) is 3.59. The highest BCUT2D eigenvalue weighted by Gasteiger charge is 2.26. The van der Waals surface area contributed by atoms with Crippen molar-refractivity contribution in [1.82, 2.24) is 0 Å². The van der Waals surface area contributed by atoms with Gasteiger partial charge in [0.15, 0.2) is 5.88 Å². The molecule has 2 heterocycles. The summed E-state index contributed by atoms with van der Waals surface area (Å²) >= 11 is 0. The third-order valence-electron chi connectivity index (χ3n) is 1.90. The Morgan fingerprint density at radius 1 is 1.67 bits per heavy atom. The van der Waals surface area contributed by atoms with Gasteiger partial charge in [0.05, 0.1) is 12.3 Å².